The fourth-order valence-electron chi connectivity index (χ4n) is 3.70. The van der Waals surface area contributed by atoms with E-state index in [0.29, 0.717) is 24.1 Å². The van der Waals surface area contributed by atoms with Crippen LogP contribution in [-0.4, -0.2) is 67.2 Å². The van der Waals surface area contributed by atoms with Gasteiger partial charge in [-0.1, -0.05) is 26.7 Å². The molecule has 0 aromatic carbocycles. The molecule has 14 heteroatoms. The average Bonchev–Trinajstić information content (AvgIpc) is 3.23. The number of nitrogens with one attached hydrogen (secondary N) is 2. The first-order valence-electron chi connectivity index (χ1n) is 12.5. The highest BCUT2D eigenvalue weighted by Crippen LogP contribution is 2.41. The Morgan fingerprint density at radius 3 is 2.62 bits per heavy atom. The summed E-state index contributed by atoms with van der Waals surface area (Å²) in [5.41, 5.74) is 5.60. The number of nitrogens with zero attached hydrogens (tertiary/aromatic N) is 4. The van der Waals surface area contributed by atoms with Gasteiger partial charge in [0.15, 0.2) is 11.5 Å². The molecular weight excluding hydrogens is 501 g/mol. The summed E-state index contributed by atoms with van der Waals surface area (Å²) in [5, 5.41) is 15.0. The zero-order chi connectivity index (χ0) is 27.6. The van der Waals surface area contributed by atoms with Crippen molar-refractivity contribution >= 4 is 36.4 Å². The van der Waals surface area contributed by atoms with Crippen molar-refractivity contribution in [1.29, 1.82) is 0 Å². The molecule has 37 heavy (non-hydrogen) atoms. The van der Waals surface area contributed by atoms with E-state index in [2.05, 4.69) is 32.1 Å². The normalized spacial score (nSPS) is 16.6. The first-order chi connectivity index (χ1) is 17.4. The SMILES string of the molecule is CCCCCOC(=O)C(C)(CC)NP(=O)(CO[C@H](C)Cn1cnc2c(N)ncnc21)N[C@@H](C)CC(=O)O. The lowest BCUT2D eigenvalue weighted by molar-refractivity contribution is -0.150. The van der Waals surface area contributed by atoms with Crippen molar-refractivity contribution in [2.45, 2.75) is 91.0 Å². The lowest BCUT2D eigenvalue weighted by atomic mass is 10.0. The fraction of sp³-hybridized carbons (Fsp3) is 0.696. The number of fused-ring (bicyclic) bond motifs is 1. The largest absolute Gasteiger partial charge is 0.481 e. The van der Waals surface area contributed by atoms with Crippen LogP contribution in [0.15, 0.2) is 12.7 Å². The van der Waals surface area contributed by atoms with Gasteiger partial charge in [-0.3, -0.25) is 14.2 Å². The van der Waals surface area contributed by atoms with Crippen LogP contribution in [-0.2, 0) is 30.2 Å². The standard InChI is InChI=1S/C23H40N7O6P/c1-6-8-9-10-35-22(33)23(5,7-2)29-37(34,28-16(3)11-18(31)32)15-36-17(4)12-30-14-27-19-20(24)25-13-26-21(19)30/h13-14,16-17H,6-12,15H2,1-5H3,(H,31,32)(H2,24,25,26)(H2,28,29,34)/t16-,17+,23?,37?/m0/s1. The molecule has 13 nitrogen and oxygen atoms in total. The molecule has 0 aliphatic rings. The van der Waals surface area contributed by atoms with Crippen LogP contribution in [0.4, 0.5) is 5.82 Å². The fourth-order valence-corrected chi connectivity index (χ4v) is 6.22. The molecule has 5 N–H and O–H groups in total. The number of nitrogen functional groups attached to an aromatic ring is 1. The van der Waals surface area contributed by atoms with Gasteiger partial charge in [-0.2, -0.15) is 0 Å². The number of hydrogen-bond acceptors (Lipinski definition) is 9. The zero-order valence-corrected chi connectivity index (χ0v) is 23.2. The molecular formula is C23H40N7O6P. The van der Waals surface area contributed by atoms with Gasteiger partial charge >= 0.3 is 11.9 Å². The molecule has 2 rings (SSSR count). The second kappa shape index (κ2) is 13.8. The van der Waals surface area contributed by atoms with E-state index in [9.17, 15) is 19.3 Å². The van der Waals surface area contributed by atoms with Crippen LogP contribution >= 0.6 is 7.44 Å². The number of ether oxygens (including phenoxy) is 2. The van der Waals surface area contributed by atoms with Crippen LogP contribution in [0.1, 0.15) is 66.7 Å². The first kappa shape index (κ1) is 30.6. The summed E-state index contributed by atoms with van der Waals surface area (Å²) in [6, 6.07) is -0.645. The summed E-state index contributed by atoms with van der Waals surface area (Å²) < 4.78 is 27.2. The van der Waals surface area contributed by atoms with Crippen molar-refractivity contribution in [3.8, 4) is 0 Å². The third-order valence-corrected chi connectivity index (χ3v) is 8.13. The number of carboxylic acids is 1. The van der Waals surface area contributed by atoms with Gasteiger partial charge in [0.05, 0.1) is 32.0 Å². The van der Waals surface area contributed by atoms with Crippen molar-refractivity contribution in [1.82, 2.24) is 29.7 Å². The molecule has 2 heterocycles. The molecule has 0 aliphatic carbocycles. The molecule has 0 amide bonds. The molecule has 0 saturated heterocycles. The van der Waals surface area contributed by atoms with Crippen molar-refractivity contribution in [2.75, 3.05) is 18.7 Å². The summed E-state index contributed by atoms with van der Waals surface area (Å²) in [5.74, 6) is -1.29. The molecule has 2 unspecified atom stereocenters. The smallest absolute Gasteiger partial charge is 0.326 e. The van der Waals surface area contributed by atoms with E-state index in [-0.39, 0.29) is 25.2 Å². The number of carbonyl (C=O) groups is 2. The minimum Gasteiger partial charge on any atom is -0.481 e. The Labute approximate surface area is 217 Å². The van der Waals surface area contributed by atoms with E-state index in [1.165, 1.54) is 6.33 Å². The van der Waals surface area contributed by atoms with Crippen molar-refractivity contribution in [3.63, 3.8) is 0 Å². The summed E-state index contributed by atoms with van der Waals surface area (Å²) in [4.78, 5) is 36.5. The van der Waals surface area contributed by atoms with Gasteiger partial charge < -0.3 is 24.9 Å². The number of anilines is 1. The molecule has 0 radical (unpaired) electrons. The highest BCUT2D eigenvalue weighted by Gasteiger charge is 2.40. The van der Waals surface area contributed by atoms with Crippen LogP contribution < -0.4 is 15.9 Å². The summed E-state index contributed by atoms with van der Waals surface area (Å²) in [6.07, 6.45) is 4.91. The maximum absolute atomic E-state index is 14.0. The second-order valence-corrected chi connectivity index (χ2v) is 11.7. The number of unbranched alkanes of at least 4 members (excludes halogenated alkanes) is 2. The quantitative estimate of drug-likeness (QED) is 0.131. The Morgan fingerprint density at radius 2 is 1.97 bits per heavy atom. The molecule has 0 saturated carbocycles. The van der Waals surface area contributed by atoms with Gasteiger partial charge in [0, 0.05) is 6.04 Å². The van der Waals surface area contributed by atoms with Gasteiger partial charge in [0.25, 0.3) is 0 Å². The van der Waals surface area contributed by atoms with Gasteiger partial charge in [-0.15, -0.1) is 0 Å². The van der Waals surface area contributed by atoms with E-state index < -0.39 is 37.1 Å². The molecule has 0 fully saturated rings. The number of esters is 1. The Balaban J connectivity index is 2.14. The summed E-state index contributed by atoms with van der Waals surface area (Å²) in [6.45, 7) is 9.48. The van der Waals surface area contributed by atoms with Gasteiger partial charge in [0.2, 0.25) is 7.44 Å². The number of carboxylic acid groups (broad SMARTS) is 1. The number of rotatable bonds is 17. The third kappa shape index (κ3) is 9.03. The van der Waals surface area contributed by atoms with E-state index in [1.807, 2.05) is 0 Å². The minimum atomic E-state index is -3.63. The van der Waals surface area contributed by atoms with Gasteiger partial charge in [-0.25, -0.2) is 25.1 Å². The highest BCUT2D eigenvalue weighted by atomic mass is 31.2. The molecule has 0 bridgehead atoms. The summed E-state index contributed by atoms with van der Waals surface area (Å²) in [7, 11) is -3.63. The minimum absolute atomic E-state index is 0.256. The highest BCUT2D eigenvalue weighted by molar-refractivity contribution is 7.59. The van der Waals surface area contributed by atoms with Crippen LogP contribution in [0, 0.1) is 0 Å². The maximum Gasteiger partial charge on any atom is 0.326 e. The summed E-state index contributed by atoms with van der Waals surface area (Å²) >= 11 is 0. The van der Waals surface area contributed by atoms with E-state index in [0.717, 1.165) is 19.3 Å². The Hall–Kier alpha value is -2.60. The van der Waals surface area contributed by atoms with Crippen LogP contribution in [0.5, 0.6) is 0 Å². The lowest BCUT2D eigenvalue weighted by Crippen LogP contribution is -2.51. The van der Waals surface area contributed by atoms with Gasteiger partial charge in [0.1, 0.15) is 23.7 Å². The predicted molar refractivity (Wildman–Crippen MR) is 140 cm³/mol. The molecule has 2 aromatic rings. The Bertz CT molecular complexity index is 1100. The first-order valence-corrected chi connectivity index (χ1v) is 14.4. The topological polar surface area (TPSA) is 184 Å². The zero-order valence-electron chi connectivity index (χ0n) is 22.3. The van der Waals surface area contributed by atoms with Crippen LogP contribution in [0.3, 0.4) is 0 Å². The lowest BCUT2D eigenvalue weighted by Gasteiger charge is -2.34. The van der Waals surface area contributed by atoms with Crippen molar-refractivity contribution < 1.29 is 28.7 Å². The number of carbonyl (C=O) groups excluding carboxylic acids is 1. The third-order valence-electron chi connectivity index (χ3n) is 5.90. The van der Waals surface area contributed by atoms with E-state index in [4.69, 9.17) is 15.2 Å². The number of imidazole rings is 1. The van der Waals surface area contributed by atoms with Crippen LogP contribution in [0.25, 0.3) is 11.2 Å². The Kier molecular flexibility index (Phi) is 11.4. The second-order valence-electron chi connectivity index (χ2n) is 9.44. The average molecular weight is 542 g/mol. The maximum atomic E-state index is 14.0. The molecule has 2 aromatic heterocycles. The van der Waals surface area contributed by atoms with Crippen LogP contribution in [0.2, 0.25) is 0 Å². The molecule has 4 atom stereocenters. The molecule has 0 spiro atoms. The Morgan fingerprint density at radius 1 is 1.24 bits per heavy atom. The number of nitrogens with two attached hydrogens (primary N) is 1. The van der Waals surface area contributed by atoms with E-state index >= 15 is 0 Å². The number of aromatic nitrogens is 4. The number of hydrogen-bond donors (Lipinski definition) is 4. The predicted octanol–water partition coefficient (Wildman–Crippen LogP) is 2.91. The molecule has 208 valence electrons. The van der Waals surface area contributed by atoms with Gasteiger partial charge in [-0.05, 0) is 33.6 Å². The molecule has 0 aliphatic heterocycles. The monoisotopic (exact) mass is 541 g/mol. The van der Waals surface area contributed by atoms with Crippen molar-refractivity contribution in [3.05, 3.63) is 12.7 Å². The van der Waals surface area contributed by atoms with Crippen molar-refractivity contribution in [2.24, 2.45) is 0 Å². The number of aliphatic carboxylic acids is 1. The van der Waals surface area contributed by atoms with E-state index in [1.54, 1.807) is 38.6 Å².